The third-order valence-electron chi connectivity index (χ3n) is 1.96. The molecule has 1 heterocycles. The number of hydrogen-bond donors (Lipinski definition) is 0. The molecule has 0 fully saturated rings. The molecule has 2 rings (SSSR count). The molecule has 1 aliphatic rings. The minimum atomic E-state index is 0.0254. The van der Waals surface area contributed by atoms with Crippen molar-refractivity contribution in [3.63, 3.8) is 0 Å². The number of rotatable bonds is 0. The number of thioether (sulfide) groups is 1. The normalized spacial score (nSPS) is 15.5. The van der Waals surface area contributed by atoms with Gasteiger partial charge in [-0.25, -0.2) is 0 Å². The largest absolute Gasteiger partial charge is 0.311 e. The van der Waals surface area contributed by atoms with E-state index in [2.05, 4.69) is 0 Å². The summed E-state index contributed by atoms with van der Waals surface area (Å²) in [5, 5.41) is 1.82. The number of benzene rings is 1. The number of fused-ring (bicyclic) bond motifs is 1. The van der Waals surface area contributed by atoms with E-state index in [9.17, 15) is 4.79 Å². The zero-order chi connectivity index (χ0) is 9.26. The molecule has 2 nitrogen and oxygen atoms in total. The number of carbonyl (C=O) groups excluding carboxylic acids is 1. The average Bonchev–Trinajstić information content (AvgIpc) is 2.29. The minimum Gasteiger partial charge on any atom is -0.311 e. The van der Waals surface area contributed by atoms with Crippen molar-refractivity contribution in [1.29, 1.82) is 0 Å². The zero-order valence-corrected chi connectivity index (χ0v) is 8.04. The highest BCUT2D eigenvalue weighted by Crippen LogP contribution is 2.32. The lowest BCUT2D eigenvalue weighted by molar-refractivity contribution is -0.113. The summed E-state index contributed by atoms with van der Waals surface area (Å²) in [5.74, 6) is 0.0254. The Morgan fingerprint density at radius 3 is 2.92 bits per heavy atom. The van der Waals surface area contributed by atoms with E-state index in [4.69, 9.17) is 0 Å². The van der Waals surface area contributed by atoms with Crippen molar-refractivity contribution < 1.29 is 4.79 Å². The molecule has 3 heteroatoms. The fourth-order valence-electron chi connectivity index (χ4n) is 1.23. The van der Waals surface area contributed by atoms with E-state index >= 15 is 0 Å². The molecule has 0 spiro atoms. The molecule has 66 valence electrons. The quantitative estimate of drug-likeness (QED) is 0.627. The third-order valence-corrected chi connectivity index (χ3v) is 2.83. The first-order chi connectivity index (χ1) is 6.29. The van der Waals surface area contributed by atoms with Crippen molar-refractivity contribution >= 4 is 23.4 Å². The molecule has 0 N–H and O–H groups in total. The second-order valence-corrected chi connectivity index (χ2v) is 3.73. The van der Waals surface area contributed by atoms with Crippen LogP contribution in [-0.4, -0.2) is 13.0 Å². The summed E-state index contributed by atoms with van der Waals surface area (Å²) in [6.07, 6.45) is 1.59. The fraction of sp³-hybridized carbons (Fsp3) is 0.100. The number of hydrogen-bond acceptors (Lipinski definition) is 2. The van der Waals surface area contributed by atoms with Crippen molar-refractivity contribution in [2.45, 2.75) is 4.90 Å². The molecule has 1 aromatic carbocycles. The SMILES string of the molecule is CN1C(=O)C=CSc2ccccc21. The number of nitrogens with zero attached hydrogens (tertiary/aromatic N) is 1. The summed E-state index contributed by atoms with van der Waals surface area (Å²) >= 11 is 1.57. The van der Waals surface area contributed by atoms with Gasteiger partial charge in [-0.2, -0.15) is 0 Å². The highest BCUT2D eigenvalue weighted by atomic mass is 32.2. The Balaban J connectivity index is 2.52. The summed E-state index contributed by atoms with van der Waals surface area (Å²) < 4.78 is 0. The van der Waals surface area contributed by atoms with E-state index in [1.165, 1.54) is 0 Å². The van der Waals surface area contributed by atoms with E-state index in [-0.39, 0.29) is 5.91 Å². The number of anilines is 1. The van der Waals surface area contributed by atoms with Crippen LogP contribution in [0.15, 0.2) is 40.6 Å². The van der Waals surface area contributed by atoms with Gasteiger partial charge in [0.15, 0.2) is 0 Å². The fourth-order valence-corrected chi connectivity index (χ4v) is 2.04. The minimum absolute atomic E-state index is 0.0254. The Bertz CT molecular complexity index is 373. The number of amides is 1. The first kappa shape index (κ1) is 8.38. The first-order valence-corrected chi connectivity index (χ1v) is 4.87. The number of likely N-dealkylation sites (N-methyl/N-ethyl adjacent to an activating group) is 1. The van der Waals surface area contributed by atoms with Crippen LogP contribution in [0.1, 0.15) is 0 Å². The average molecular weight is 191 g/mol. The molecule has 0 saturated carbocycles. The van der Waals surface area contributed by atoms with Crippen molar-refractivity contribution in [3.05, 3.63) is 35.7 Å². The van der Waals surface area contributed by atoms with Crippen LogP contribution in [0.4, 0.5) is 5.69 Å². The molecular formula is C10H9NOS. The van der Waals surface area contributed by atoms with Gasteiger partial charge in [0.25, 0.3) is 5.91 Å². The van der Waals surface area contributed by atoms with Gasteiger partial charge in [0, 0.05) is 18.0 Å². The van der Waals surface area contributed by atoms with E-state index in [0.29, 0.717) is 0 Å². The second-order valence-electron chi connectivity index (χ2n) is 2.79. The van der Waals surface area contributed by atoms with Crippen LogP contribution in [0.3, 0.4) is 0 Å². The highest BCUT2D eigenvalue weighted by Gasteiger charge is 2.14. The maximum absolute atomic E-state index is 11.4. The van der Waals surface area contributed by atoms with Crippen LogP contribution >= 0.6 is 11.8 Å². The van der Waals surface area contributed by atoms with Crippen molar-refractivity contribution in [1.82, 2.24) is 0 Å². The summed E-state index contributed by atoms with van der Waals surface area (Å²) in [6.45, 7) is 0. The van der Waals surface area contributed by atoms with Gasteiger partial charge in [0.05, 0.1) is 5.69 Å². The van der Waals surface area contributed by atoms with Crippen LogP contribution < -0.4 is 4.90 Å². The third kappa shape index (κ3) is 1.47. The molecule has 1 amide bonds. The Labute approximate surface area is 81.2 Å². The molecule has 1 aromatic rings. The van der Waals surface area contributed by atoms with E-state index in [0.717, 1.165) is 10.6 Å². The maximum Gasteiger partial charge on any atom is 0.251 e. The van der Waals surface area contributed by atoms with Crippen molar-refractivity contribution in [2.75, 3.05) is 11.9 Å². The molecule has 13 heavy (non-hydrogen) atoms. The molecule has 0 aliphatic carbocycles. The van der Waals surface area contributed by atoms with Gasteiger partial charge in [-0.05, 0) is 17.5 Å². The summed E-state index contributed by atoms with van der Waals surface area (Å²) in [7, 11) is 1.79. The molecule has 0 unspecified atom stereocenters. The lowest BCUT2D eigenvalue weighted by atomic mass is 10.3. The monoisotopic (exact) mass is 191 g/mol. The van der Waals surface area contributed by atoms with Gasteiger partial charge >= 0.3 is 0 Å². The molecule has 1 aliphatic heterocycles. The molecular weight excluding hydrogens is 182 g/mol. The van der Waals surface area contributed by atoms with Gasteiger partial charge in [-0.3, -0.25) is 4.79 Å². The van der Waals surface area contributed by atoms with Crippen LogP contribution in [0, 0.1) is 0 Å². The Morgan fingerprint density at radius 2 is 2.08 bits per heavy atom. The lowest BCUT2D eigenvalue weighted by Gasteiger charge is -2.15. The standard InChI is InChI=1S/C10H9NOS/c1-11-8-4-2-3-5-9(8)13-7-6-10(11)12/h2-7H,1H3. The van der Waals surface area contributed by atoms with Gasteiger partial charge < -0.3 is 4.90 Å². The summed E-state index contributed by atoms with van der Waals surface area (Å²) in [4.78, 5) is 14.2. The van der Waals surface area contributed by atoms with Crippen molar-refractivity contribution in [3.8, 4) is 0 Å². The number of para-hydroxylation sites is 1. The molecule has 0 saturated heterocycles. The van der Waals surface area contributed by atoms with E-state index < -0.39 is 0 Å². The van der Waals surface area contributed by atoms with Gasteiger partial charge in [0.2, 0.25) is 0 Å². The summed E-state index contributed by atoms with van der Waals surface area (Å²) in [5.41, 5.74) is 0.975. The van der Waals surface area contributed by atoms with E-state index in [1.807, 2.05) is 29.7 Å². The van der Waals surface area contributed by atoms with Gasteiger partial charge in [-0.15, -0.1) is 0 Å². The smallest absolute Gasteiger partial charge is 0.251 e. The predicted octanol–water partition coefficient (Wildman–Crippen LogP) is 2.27. The van der Waals surface area contributed by atoms with Crippen LogP contribution in [0.2, 0.25) is 0 Å². The van der Waals surface area contributed by atoms with Crippen LogP contribution in [0.25, 0.3) is 0 Å². The van der Waals surface area contributed by atoms with Crippen LogP contribution in [-0.2, 0) is 4.79 Å². The van der Waals surface area contributed by atoms with Crippen LogP contribution in [0.5, 0.6) is 0 Å². The molecule has 0 bridgehead atoms. The highest BCUT2D eigenvalue weighted by molar-refractivity contribution is 8.02. The summed E-state index contributed by atoms with van der Waals surface area (Å²) in [6, 6.07) is 7.88. The predicted molar refractivity (Wildman–Crippen MR) is 54.8 cm³/mol. The lowest BCUT2D eigenvalue weighted by Crippen LogP contribution is -2.23. The molecule has 0 atom stereocenters. The Kier molecular flexibility index (Phi) is 2.10. The van der Waals surface area contributed by atoms with Crippen molar-refractivity contribution in [2.24, 2.45) is 0 Å². The first-order valence-electron chi connectivity index (χ1n) is 3.99. The Morgan fingerprint density at radius 1 is 1.31 bits per heavy atom. The maximum atomic E-state index is 11.4. The molecule has 0 radical (unpaired) electrons. The second kappa shape index (κ2) is 3.26. The van der Waals surface area contributed by atoms with Gasteiger partial charge in [-0.1, -0.05) is 23.9 Å². The number of carbonyl (C=O) groups is 1. The Hall–Kier alpha value is -1.22. The molecule has 0 aromatic heterocycles. The van der Waals surface area contributed by atoms with E-state index in [1.54, 1.807) is 29.8 Å². The zero-order valence-electron chi connectivity index (χ0n) is 7.23. The topological polar surface area (TPSA) is 20.3 Å². The van der Waals surface area contributed by atoms with Gasteiger partial charge in [0.1, 0.15) is 0 Å².